The van der Waals surface area contributed by atoms with Crippen LogP contribution in [0.1, 0.15) is 16.8 Å². The van der Waals surface area contributed by atoms with Crippen molar-refractivity contribution in [1.29, 1.82) is 0 Å². The van der Waals surface area contributed by atoms with E-state index in [2.05, 4.69) is 5.10 Å². The Hall–Kier alpha value is -2.67. The van der Waals surface area contributed by atoms with Crippen molar-refractivity contribution < 1.29 is 19.4 Å². The zero-order chi connectivity index (χ0) is 17.1. The Morgan fingerprint density at radius 2 is 2.08 bits per heavy atom. The van der Waals surface area contributed by atoms with Crippen molar-refractivity contribution in [2.75, 3.05) is 19.7 Å². The van der Waals surface area contributed by atoms with Crippen molar-refractivity contribution in [2.45, 2.75) is 12.5 Å². The summed E-state index contributed by atoms with van der Waals surface area (Å²) in [7, 11) is 1.80. The molecule has 1 aliphatic heterocycles. The Morgan fingerprint density at radius 3 is 2.79 bits per heavy atom. The second-order valence-corrected chi connectivity index (χ2v) is 5.74. The number of carbonyl (C=O) groups excluding carboxylic acids is 1. The van der Waals surface area contributed by atoms with Crippen molar-refractivity contribution >= 4 is 11.9 Å². The topological polar surface area (TPSA) is 84.7 Å². The zero-order valence-electron chi connectivity index (χ0n) is 13.4. The summed E-state index contributed by atoms with van der Waals surface area (Å²) in [5, 5.41) is 13.1. The van der Waals surface area contributed by atoms with E-state index in [-0.39, 0.29) is 18.9 Å². The molecule has 1 saturated heterocycles. The van der Waals surface area contributed by atoms with E-state index in [1.165, 1.54) is 0 Å². The first kappa shape index (κ1) is 16.2. The van der Waals surface area contributed by atoms with Crippen LogP contribution in [0.25, 0.3) is 11.3 Å². The van der Waals surface area contributed by atoms with Gasteiger partial charge in [-0.2, -0.15) is 5.10 Å². The molecule has 1 atom stereocenters. The molecule has 0 bridgehead atoms. The second-order valence-electron chi connectivity index (χ2n) is 5.74. The molecule has 1 unspecified atom stereocenters. The minimum absolute atomic E-state index is 0.109. The molecule has 1 aromatic carbocycles. The summed E-state index contributed by atoms with van der Waals surface area (Å²) in [4.78, 5) is 25.4. The number of aliphatic carboxylic acids is 1. The number of hydrogen-bond donors (Lipinski definition) is 1. The number of morpholine rings is 1. The van der Waals surface area contributed by atoms with Gasteiger partial charge in [-0.15, -0.1) is 0 Å². The highest BCUT2D eigenvalue weighted by molar-refractivity contribution is 6.00. The number of nitrogens with zero attached hydrogens (tertiary/aromatic N) is 3. The van der Waals surface area contributed by atoms with E-state index < -0.39 is 12.1 Å². The zero-order valence-corrected chi connectivity index (χ0v) is 13.4. The predicted molar refractivity (Wildman–Crippen MR) is 86.5 cm³/mol. The number of carbonyl (C=O) groups is 2. The van der Waals surface area contributed by atoms with Crippen molar-refractivity contribution in [3.63, 3.8) is 0 Å². The van der Waals surface area contributed by atoms with E-state index in [9.17, 15) is 9.59 Å². The van der Waals surface area contributed by atoms with Crippen molar-refractivity contribution in [3.05, 3.63) is 42.1 Å². The maximum absolute atomic E-state index is 12.9. The average Bonchev–Trinajstić information content (AvgIpc) is 2.96. The monoisotopic (exact) mass is 329 g/mol. The molecule has 126 valence electrons. The smallest absolute Gasteiger partial charge is 0.306 e. The van der Waals surface area contributed by atoms with Crippen LogP contribution in [0.2, 0.25) is 0 Å². The lowest BCUT2D eigenvalue weighted by Gasteiger charge is -2.32. The Bertz CT molecular complexity index is 742. The fourth-order valence-corrected chi connectivity index (χ4v) is 2.92. The molecule has 24 heavy (non-hydrogen) atoms. The quantitative estimate of drug-likeness (QED) is 0.916. The molecular weight excluding hydrogens is 310 g/mol. The lowest BCUT2D eigenvalue weighted by atomic mass is 10.1. The third-order valence-corrected chi connectivity index (χ3v) is 4.04. The van der Waals surface area contributed by atoms with Gasteiger partial charge >= 0.3 is 5.97 Å². The number of hydrogen-bond acceptors (Lipinski definition) is 4. The molecule has 7 heteroatoms. The lowest BCUT2D eigenvalue weighted by molar-refractivity contribution is -0.141. The lowest BCUT2D eigenvalue weighted by Crippen LogP contribution is -2.46. The molecule has 2 aromatic rings. The summed E-state index contributed by atoms with van der Waals surface area (Å²) in [6.07, 6.45) is 0.978. The number of aromatic nitrogens is 2. The van der Waals surface area contributed by atoms with E-state index in [0.717, 1.165) is 11.3 Å². The van der Waals surface area contributed by atoms with Crippen LogP contribution in [0, 0.1) is 0 Å². The van der Waals surface area contributed by atoms with Gasteiger partial charge in [0.15, 0.2) is 0 Å². The third kappa shape index (κ3) is 3.30. The number of rotatable bonds is 4. The first-order valence-electron chi connectivity index (χ1n) is 7.76. The van der Waals surface area contributed by atoms with Crippen LogP contribution in [-0.2, 0) is 16.6 Å². The molecular formula is C17H19N3O4. The maximum Gasteiger partial charge on any atom is 0.306 e. The molecule has 0 spiro atoms. The van der Waals surface area contributed by atoms with E-state index in [1.54, 1.807) is 22.8 Å². The summed E-state index contributed by atoms with van der Waals surface area (Å²) in [5.74, 6) is -1.08. The highest BCUT2D eigenvalue weighted by Crippen LogP contribution is 2.25. The van der Waals surface area contributed by atoms with Gasteiger partial charge in [0.25, 0.3) is 5.91 Å². The van der Waals surface area contributed by atoms with Crippen molar-refractivity contribution in [3.8, 4) is 11.3 Å². The van der Waals surface area contributed by atoms with Gasteiger partial charge in [-0.1, -0.05) is 30.3 Å². The maximum atomic E-state index is 12.9. The van der Waals surface area contributed by atoms with Crippen molar-refractivity contribution in [2.24, 2.45) is 7.05 Å². The van der Waals surface area contributed by atoms with Crippen LogP contribution in [0.4, 0.5) is 0 Å². The first-order valence-corrected chi connectivity index (χ1v) is 7.76. The van der Waals surface area contributed by atoms with E-state index in [1.807, 2.05) is 30.3 Å². The van der Waals surface area contributed by atoms with Gasteiger partial charge < -0.3 is 14.7 Å². The molecule has 0 radical (unpaired) electrons. The first-order chi connectivity index (χ1) is 11.6. The summed E-state index contributed by atoms with van der Waals surface area (Å²) in [5.41, 5.74) is 2.18. The Kier molecular flexibility index (Phi) is 4.61. The number of carboxylic acids is 1. The highest BCUT2D eigenvalue weighted by Gasteiger charge is 2.29. The van der Waals surface area contributed by atoms with E-state index >= 15 is 0 Å². The molecule has 0 saturated carbocycles. The standard InChI is InChI=1S/C17H19N3O4/c1-19-16(12-5-3-2-4-6-12)14(10-18-19)17(23)20-7-8-24-13(11-20)9-15(21)22/h2-6,10,13H,7-9,11H2,1H3,(H,21,22). The third-order valence-electron chi connectivity index (χ3n) is 4.04. The van der Waals surface area contributed by atoms with E-state index in [0.29, 0.717) is 18.7 Å². The SMILES string of the molecule is Cn1ncc(C(=O)N2CCOC(CC(=O)O)C2)c1-c1ccccc1. The minimum atomic E-state index is -0.930. The van der Waals surface area contributed by atoms with Crippen LogP contribution in [0.3, 0.4) is 0 Å². The van der Waals surface area contributed by atoms with Crippen LogP contribution < -0.4 is 0 Å². The minimum Gasteiger partial charge on any atom is -0.481 e. The molecule has 0 aliphatic carbocycles. The molecule has 2 heterocycles. The van der Waals surface area contributed by atoms with Gasteiger partial charge in [0.1, 0.15) is 0 Å². The highest BCUT2D eigenvalue weighted by atomic mass is 16.5. The van der Waals surface area contributed by atoms with Gasteiger partial charge in [-0.05, 0) is 0 Å². The summed E-state index contributed by atoms with van der Waals surface area (Å²) >= 11 is 0. The molecule has 7 nitrogen and oxygen atoms in total. The van der Waals surface area contributed by atoms with Gasteiger partial charge in [-0.3, -0.25) is 14.3 Å². The number of amides is 1. The number of benzene rings is 1. The Balaban J connectivity index is 1.84. The molecule has 3 rings (SSSR count). The number of carboxylic acid groups (broad SMARTS) is 1. The molecule has 1 aliphatic rings. The molecule has 1 aromatic heterocycles. The van der Waals surface area contributed by atoms with Crippen LogP contribution in [0.15, 0.2) is 36.5 Å². The fraction of sp³-hybridized carbons (Fsp3) is 0.353. The number of ether oxygens (including phenoxy) is 1. The van der Waals surface area contributed by atoms with Crippen LogP contribution in [-0.4, -0.2) is 57.5 Å². The van der Waals surface area contributed by atoms with Gasteiger partial charge in [0, 0.05) is 25.7 Å². The Labute approximate surface area is 139 Å². The number of aryl methyl sites for hydroxylation is 1. The average molecular weight is 329 g/mol. The van der Waals surface area contributed by atoms with Crippen LogP contribution >= 0.6 is 0 Å². The molecule has 1 N–H and O–H groups in total. The summed E-state index contributed by atoms with van der Waals surface area (Å²) < 4.78 is 7.11. The second kappa shape index (κ2) is 6.84. The predicted octanol–water partition coefficient (Wildman–Crippen LogP) is 1.40. The summed E-state index contributed by atoms with van der Waals surface area (Å²) in [6, 6.07) is 9.60. The molecule has 1 fully saturated rings. The summed E-state index contributed by atoms with van der Waals surface area (Å²) in [6.45, 7) is 1.05. The fourth-order valence-electron chi connectivity index (χ4n) is 2.92. The largest absolute Gasteiger partial charge is 0.481 e. The molecule has 1 amide bonds. The van der Waals surface area contributed by atoms with Gasteiger partial charge in [-0.25, -0.2) is 0 Å². The van der Waals surface area contributed by atoms with Crippen LogP contribution in [0.5, 0.6) is 0 Å². The normalized spacial score (nSPS) is 17.7. The van der Waals surface area contributed by atoms with Crippen molar-refractivity contribution in [1.82, 2.24) is 14.7 Å². The van der Waals surface area contributed by atoms with Gasteiger partial charge in [0.05, 0.1) is 36.6 Å². The Morgan fingerprint density at radius 1 is 1.33 bits per heavy atom. The van der Waals surface area contributed by atoms with Gasteiger partial charge in [0.2, 0.25) is 0 Å². The van der Waals surface area contributed by atoms with E-state index in [4.69, 9.17) is 9.84 Å².